The Hall–Kier alpha value is -2.00. The van der Waals surface area contributed by atoms with Crippen molar-refractivity contribution in [2.45, 2.75) is 96.8 Å². The summed E-state index contributed by atoms with van der Waals surface area (Å²) in [7, 11) is 0. The topological polar surface area (TPSA) is 0 Å². The molecular formula is C32H42. The first-order valence-corrected chi connectivity index (χ1v) is 13.5. The Bertz CT molecular complexity index is 860. The zero-order valence-electron chi connectivity index (χ0n) is 20.4. The molecule has 0 aromatic heterocycles. The Balaban J connectivity index is 1.26. The Kier molecular flexibility index (Phi) is 8.50. The molecule has 0 saturated heterocycles. The summed E-state index contributed by atoms with van der Waals surface area (Å²) >= 11 is 0. The van der Waals surface area contributed by atoms with E-state index in [-0.39, 0.29) is 0 Å². The Labute approximate surface area is 197 Å². The lowest BCUT2D eigenvalue weighted by Gasteiger charge is -2.38. The first-order valence-electron chi connectivity index (χ1n) is 13.5. The summed E-state index contributed by atoms with van der Waals surface area (Å²) in [6.45, 7) is 4.57. The number of rotatable bonds is 6. The highest BCUT2D eigenvalue weighted by molar-refractivity contribution is 5.44. The summed E-state index contributed by atoms with van der Waals surface area (Å²) in [4.78, 5) is 0. The largest absolute Gasteiger partial charge is 0.0654 e. The predicted molar refractivity (Wildman–Crippen MR) is 138 cm³/mol. The molecule has 0 bridgehead atoms. The van der Waals surface area contributed by atoms with Crippen LogP contribution < -0.4 is 0 Å². The standard InChI is InChI=1S/C32H42/c1-3-5-25-7-9-27(10-8-25)11-12-28-15-19-30(20-16-28)32-23-21-31(22-24-32)29-17-13-26(6-4-2)14-18-29/h7-10,15-16,19-20,26,29,31-32H,3-6,13-14,17-18,21-24H2,1-2H3. The van der Waals surface area contributed by atoms with Crippen LogP contribution in [0.3, 0.4) is 0 Å². The summed E-state index contributed by atoms with van der Waals surface area (Å²) in [5.74, 6) is 10.5. The van der Waals surface area contributed by atoms with Crippen molar-refractivity contribution in [3.8, 4) is 11.8 Å². The lowest BCUT2D eigenvalue weighted by atomic mass is 9.68. The van der Waals surface area contributed by atoms with Gasteiger partial charge in [0, 0.05) is 11.1 Å². The van der Waals surface area contributed by atoms with E-state index in [1.165, 1.54) is 81.8 Å². The van der Waals surface area contributed by atoms with Crippen LogP contribution in [0.1, 0.15) is 113 Å². The first-order chi connectivity index (χ1) is 15.7. The van der Waals surface area contributed by atoms with Crippen LogP contribution in [0.4, 0.5) is 0 Å². The molecule has 0 N–H and O–H groups in total. The van der Waals surface area contributed by atoms with Crippen molar-refractivity contribution in [3.05, 3.63) is 70.8 Å². The monoisotopic (exact) mass is 426 g/mol. The summed E-state index contributed by atoms with van der Waals surface area (Å²) in [6.07, 6.45) is 16.9. The van der Waals surface area contributed by atoms with Gasteiger partial charge in [-0.25, -0.2) is 0 Å². The minimum absolute atomic E-state index is 0.760. The summed E-state index contributed by atoms with van der Waals surface area (Å²) in [5.41, 5.74) is 5.17. The maximum Gasteiger partial charge on any atom is 0.0249 e. The number of benzene rings is 2. The normalized spacial score (nSPS) is 25.7. The van der Waals surface area contributed by atoms with E-state index >= 15 is 0 Å². The van der Waals surface area contributed by atoms with Crippen molar-refractivity contribution < 1.29 is 0 Å². The fourth-order valence-corrected chi connectivity index (χ4v) is 6.31. The minimum Gasteiger partial charge on any atom is -0.0654 e. The second-order valence-corrected chi connectivity index (χ2v) is 10.5. The molecule has 170 valence electrons. The van der Waals surface area contributed by atoms with Crippen molar-refractivity contribution in [2.24, 2.45) is 17.8 Å². The lowest BCUT2D eigenvalue weighted by molar-refractivity contribution is 0.156. The molecular weight excluding hydrogens is 384 g/mol. The molecule has 2 aromatic rings. The number of hydrogen-bond acceptors (Lipinski definition) is 0. The molecule has 32 heavy (non-hydrogen) atoms. The molecule has 0 heteroatoms. The van der Waals surface area contributed by atoms with Crippen LogP contribution in [0.25, 0.3) is 0 Å². The van der Waals surface area contributed by atoms with Gasteiger partial charge in [0.1, 0.15) is 0 Å². The number of aryl methyl sites for hydroxylation is 1. The van der Waals surface area contributed by atoms with Gasteiger partial charge in [0.05, 0.1) is 0 Å². The third kappa shape index (κ3) is 6.28. The van der Waals surface area contributed by atoms with Crippen LogP contribution in [0, 0.1) is 29.6 Å². The molecule has 2 aliphatic carbocycles. The SMILES string of the molecule is CCCc1ccc(C#Cc2ccc(C3CCC(C4CCC(CCC)CC4)CC3)cc2)cc1. The highest BCUT2D eigenvalue weighted by Gasteiger charge is 2.31. The highest BCUT2D eigenvalue weighted by atomic mass is 14.4. The van der Waals surface area contributed by atoms with Gasteiger partial charge in [0.25, 0.3) is 0 Å². The van der Waals surface area contributed by atoms with E-state index in [0.717, 1.165) is 41.2 Å². The molecule has 0 radical (unpaired) electrons. The fourth-order valence-electron chi connectivity index (χ4n) is 6.31. The van der Waals surface area contributed by atoms with Crippen molar-refractivity contribution in [1.82, 2.24) is 0 Å². The molecule has 0 atom stereocenters. The van der Waals surface area contributed by atoms with Crippen molar-refractivity contribution in [2.75, 3.05) is 0 Å². The zero-order chi connectivity index (χ0) is 22.2. The summed E-state index contributed by atoms with van der Waals surface area (Å²) in [6, 6.07) is 17.9. The maximum absolute atomic E-state index is 3.36. The molecule has 2 saturated carbocycles. The number of hydrogen-bond donors (Lipinski definition) is 0. The van der Waals surface area contributed by atoms with Crippen molar-refractivity contribution in [1.29, 1.82) is 0 Å². The molecule has 4 rings (SSSR count). The van der Waals surface area contributed by atoms with Gasteiger partial charge in [-0.1, -0.05) is 82.1 Å². The molecule has 0 nitrogen and oxygen atoms in total. The van der Waals surface area contributed by atoms with Crippen LogP contribution in [0.5, 0.6) is 0 Å². The minimum atomic E-state index is 0.760. The van der Waals surface area contributed by atoms with Gasteiger partial charge in [0.2, 0.25) is 0 Å². The molecule has 0 spiro atoms. The van der Waals surface area contributed by atoms with E-state index in [2.05, 4.69) is 74.2 Å². The van der Waals surface area contributed by atoms with Crippen LogP contribution in [-0.2, 0) is 6.42 Å². The summed E-state index contributed by atoms with van der Waals surface area (Å²) < 4.78 is 0. The lowest BCUT2D eigenvalue weighted by Crippen LogP contribution is -2.25. The van der Waals surface area contributed by atoms with Gasteiger partial charge in [0.15, 0.2) is 0 Å². The van der Waals surface area contributed by atoms with Gasteiger partial charge < -0.3 is 0 Å². The van der Waals surface area contributed by atoms with Gasteiger partial charge in [-0.15, -0.1) is 0 Å². The van der Waals surface area contributed by atoms with Crippen LogP contribution in [0.2, 0.25) is 0 Å². The smallest absolute Gasteiger partial charge is 0.0249 e. The van der Waals surface area contributed by atoms with Crippen molar-refractivity contribution in [3.63, 3.8) is 0 Å². The average Bonchev–Trinajstić information content (AvgIpc) is 2.85. The second-order valence-electron chi connectivity index (χ2n) is 10.5. The molecule has 0 heterocycles. The van der Waals surface area contributed by atoms with Crippen molar-refractivity contribution >= 4 is 0 Å². The Morgan fingerprint density at radius 2 is 1.16 bits per heavy atom. The van der Waals surface area contributed by atoms with Crippen LogP contribution in [-0.4, -0.2) is 0 Å². The van der Waals surface area contributed by atoms with Gasteiger partial charge in [-0.05, 0) is 104 Å². The molecule has 0 amide bonds. The zero-order valence-corrected chi connectivity index (χ0v) is 20.4. The van der Waals surface area contributed by atoms with Crippen LogP contribution in [0.15, 0.2) is 48.5 Å². The average molecular weight is 427 g/mol. The van der Waals surface area contributed by atoms with E-state index < -0.39 is 0 Å². The van der Waals surface area contributed by atoms with Crippen LogP contribution >= 0.6 is 0 Å². The third-order valence-corrected chi connectivity index (χ3v) is 8.25. The fraction of sp³-hybridized carbons (Fsp3) is 0.562. The highest BCUT2D eigenvalue weighted by Crippen LogP contribution is 2.44. The molecule has 2 fully saturated rings. The quantitative estimate of drug-likeness (QED) is 0.404. The second kappa shape index (κ2) is 11.7. The molecule has 0 unspecified atom stereocenters. The maximum atomic E-state index is 3.36. The summed E-state index contributed by atoms with van der Waals surface area (Å²) in [5, 5.41) is 0. The first kappa shape index (κ1) is 23.2. The van der Waals surface area contributed by atoms with Gasteiger partial charge >= 0.3 is 0 Å². The van der Waals surface area contributed by atoms with E-state index in [0.29, 0.717) is 0 Å². The van der Waals surface area contributed by atoms with E-state index in [4.69, 9.17) is 0 Å². The molecule has 0 aliphatic heterocycles. The molecule has 2 aliphatic rings. The van der Waals surface area contributed by atoms with Gasteiger partial charge in [-0.2, -0.15) is 0 Å². The Morgan fingerprint density at radius 3 is 1.69 bits per heavy atom. The van der Waals surface area contributed by atoms with Gasteiger partial charge in [-0.3, -0.25) is 0 Å². The Morgan fingerprint density at radius 1 is 0.625 bits per heavy atom. The van der Waals surface area contributed by atoms with E-state index in [1.807, 2.05) is 0 Å². The predicted octanol–water partition coefficient (Wildman–Crippen LogP) is 8.92. The third-order valence-electron chi connectivity index (χ3n) is 8.25. The van der Waals surface area contributed by atoms with E-state index in [1.54, 1.807) is 0 Å². The molecule has 2 aromatic carbocycles. The van der Waals surface area contributed by atoms with E-state index in [9.17, 15) is 0 Å².